The molecule has 0 saturated carbocycles. The van der Waals surface area contributed by atoms with Gasteiger partial charge < -0.3 is 10.2 Å². The van der Waals surface area contributed by atoms with E-state index in [1.165, 1.54) is 18.7 Å². The van der Waals surface area contributed by atoms with Crippen molar-refractivity contribution in [1.29, 1.82) is 0 Å². The van der Waals surface area contributed by atoms with Crippen molar-refractivity contribution in [2.75, 3.05) is 19.6 Å². The molecule has 0 bridgehead atoms. The van der Waals surface area contributed by atoms with Gasteiger partial charge >= 0.3 is 6.55 Å². The minimum atomic E-state index is -2.82. The number of piperidine rings is 1. The SMILES string of the molecule is CC1CCCN(CC(C)(C)NC(=O)c2ccnn2C(F)F)C1. The second-order valence-corrected chi connectivity index (χ2v) is 6.76. The molecular formula is C15H24F2N4O. The minimum absolute atomic E-state index is 0.116. The summed E-state index contributed by atoms with van der Waals surface area (Å²) >= 11 is 0. The van der Waals surface area contributed by atoms with Crippen LogP contribution in [0.15, 0.2) is 12.3 Å². The molecule has 2 rings (SSSR count). The second-order valence-electron chi connectivity index (χ2n) is 6.76. The van der Waals surface area contributed by atoms with Crippen molar-refractivity contribution in [2.45, 2.75) is 45.7 Å². The van der Waals surface area contributed by atoms with E-state index in [1.807, 2.05) is 13.8 Å². The van der Waals surface area contributed by atoms with E-state index < -0.39 is 18.0 Å². The number of hydrogen-bond acceptors (Lipinski definition) is 3. The molecule has 1 N–H and O–H groups in total. The number of carbonyl (C=O) groups is 1. The molecule has 1 aliphatic heterocycles. The fraction of sp³-hybridized carbons (Fsp3) is 0.733. The first-order chi connectivity index (χ1) is 10.3. The van der Waals surface area contributed by atoms with Crippen LogP contribution in [-0.2, 0) is 0 Å². The number of likely N-dealkylation sites (tertiary alicyclic amines) is 1. The minimum Gasteiger partial charge on any atom is -0.345 e. The Balaban J connectivity index is 1.98. The summed E-state index contributed by atoms with van der Waals surface area (Å²) in [5.74, 6) is 0.133. The smallest absolute Gasteiger partial charge is 0.333 e. The van der Waals surface area contributed by atoms with Crippen molar-refractivity contribution in [1.82, 2.24) is 20.0 Å². The number of amides is 1. The standard InChI is InChI=1S/C15H24F2N4O/c1-11-5-4-8-20(9-11)10-15(2,3)19-13(22)12-6-7-18-21(12)14(16)17/h6-7,11,14H,4-5,8-10H2,1-3H3,(H,19,22). The Hall–Kier alpha value is -1.50. The molecule has 1 fully saturated rings. The van der Waals surface area contributed by atoms with Crippen molar-refractivity contribution in [2.24, 2.45) is 5.92 Å². The van der Waals surface area contributed by atoms with Crippen LogP contribution in [-0.4, -0.2) is 45.8 Å². The first kappa shape index (κ1) is 16.9. The van der Waals surface area contributed by atoms with Gasteiger partial charge in [-0.15, -0.1) is 0 Å². The van der Waals surface area contributed by atoms with Gasteiger partial charge in [-0.05, 0) is 45.2 Å². The summed E-state index contributed by atoms with van der Waals surface area (Å²) < 4.78 is 26.0. The van der Waals surface area contributed by atoms with Gasteiger partial charge in [-0.3, -0.25) is 4.79 Å². The summed E-state index contributed by atoms with van der Waals surface area (Å²) in [6, 6.07) is 1.31. The third-order valence-corrected chi connectivity index (χ3v) is 3.90. The van der Waals surface area contributed by atoms with Gasteiger partial charge in [0.2, 0.25) is 0 Å². The maximum Gasteiger partial charge on any atom is 0.333 e. The van der Waals surface area contributed by atoms with Gasteiger partial charge in [0.25, 0.3) is 5.91 Å². The van der Waals surface area contributed by atoms with Gasteiger partial charge in [-0.25, -0.2) is 0 Å². The maximum absolute atomic E-state index is 12.8. The molecule has 2 heterocycles. The fourth-order valence-electron chi connectivity index (χ4n) is 3.05. The van der Waals surface area contributed by atoms with Gasteiger partial charge in [-0.1, -0.05) is 6.92 Å². The highest BCUT2D eigenvalue weighted by Gasteiger charge is 2.28. The van der Waals surface area contributed by atoms with E-state index in [1.54, 1.807) is 0 Å². The second kappa shape index (κ2) is 6.73. The fourth-order valence-corrected chi connectivity index (χ4v) is 3.05. The lowest BCUT2D eigenvalue weighted by Crippen LogP contribution is -2.53. The van der Waals surface area contributed by atoms with E-state index in [9.17, 15) is 13.6 Å². The van der Waals surface area contributed by atoms with Crippen LogP contribution in [0.5, 0.6) is 0 Å². The average Bonchev–Trinajstić information content (AvgIpc) is 2.86. The summed E-state index contributed by atoms with van der Waals surface area (Å²) in [7, 11) is 0. The van der Waals surface area contributed by atoms with Crippen molar-refractivity contribution < 1.29 is 13.6 Å². The van der Waals surface area contributed by atoms with Gasteiger partial charge in [0.1, 0.15) is 5.69 Å². The van der Waals surface area contributed by atoms with Crippen molar-refractivity contribution >= 4 is 5.91 Å². The molecule has 0 aromatic carbocycles. The summed E-state index contributed by atoms with van der Waals surface area (Å²) in [4.78, 5) is 14.5. The van der Waals surface area contributed by atoms with Gasteiger partial charge in [0, 0.05) is 24.8 Å². The monoisotopic (exact) mass is 314 g/mol. The number of alkyl halides is 2. The first-order valence-electron chi connectivity index (χ1n) is 7.65. The number of rotatable bonds is 5. The Morgan fingerprint density at radius 2 is 2.27 bits per heavy atom. The van der Waals surface area contributed by atoms with Crippen LogP contribution in [0.3, 0.4) is 0 Å². The third-order valence-electron chi connectivity index (χ3n) is 3.90. The molecular weight excluding hydrogens is 290 g/mol. The lowest BCUT2D eigenvalue weighted by atomic mass is 9.97. The van der Waals surface area contributed by atoms with Crippen LogP contribution >= 0.6 is 0 Å². The van der Waals surface area contributed by atoms with Crippen LogP contribution in [0, 0.1) is 5.92 Å². The number of nitrogens with one attached hydrogen (secondary N) is 1. The lowest BCUT2D eigenvalue weighted by Gasteiger charge is -2.37. The molecule has 124 valence electrons. The Bertz CT molecular complexity index is 515. The Kier molecular flexibility index (Phi) is 5.16. The first-order valence-corrected chi connectivity index (χ1v) is 7.65. The molecule has 1 amide bonds. The molecule has 7 heteroatoms. The Morgan fingerprint density at radius 3 is 2.91 bits per heavy atom. The van der Waals surface area contributed by atoms with Crippen molar-refractivity contribution in [3.63, 3.8) is 0 Å². The Labute approximate surface area is 129 Å². The molecule has 0 spiro atoms. The molecule has 1 unspecified atom stereocenters. The molecule has 1 atom stereocenters. The lowest BCUT2D eigenvalue weighted by molar-refractivity contribution is 0.0497. The highest BCUT2D eigenvalue weighted by molar-refractivity contribution is 5.93. The van der Waals surface area contributed by atoms with E-state index in [4.69, 9.17) is 0 Å². The molecule has 5 nitrogen and oxygen atoms in total. The highest BCUT2D eigenvalue weighted by Crippen LogP contribution is 2.18. The van der Waals surface area contributed by atoms with Crippen LogP contribution in [0.25, 0.3) is 0 Å². The third kappa shape index (κ3) is 4.25. The van der Waals surface area contributed by atoms with Gasteiger partial charge in [-0.2, -0.15) is 18.6 Å². The summed E-state index contributed by atoms with van der Waals surface area (Å²) in [5, 5.41) is 6.33. The number of hydrogen-bond donors (Lipinski definition) is 1. The van der Waals surface area contributed by atoms with E-state index in [-0.39, 0.29) is 5.69 Å². The summed E-state index contributed by atoms with van der Waals surface area (Å²) in [6.45, 7) is 5.94. The zero-order valence-corrected chi connectivity index (χ0v) is 13.4. The largest absolute Gasteiger partial charge is 0.345 e. The molecule has 1 aliphatic rings. The van der Waals surface area contributed by atoms with E-state index in [0.717, 1.165) is 19.5 Å². The van der Waals surface area contributed by atoms with Crippen LogP contribution in [0.1, 0.15) is 50.7 Å². The van der Waals surface area contributed by atoms with Crippen LogP contribution in [0.2, 0.25) is 0 Å². The predicted octanol–water partition coefficient (Wildman–Crippen LogP) is 2.52. The van der Waals surface area contributed by atoms with E-state index in [0.29, 0.717) is 17.1 Å². The quantitative estimate of drug-likeness (QED) is 0.908. The molecule has 22 heavy (non-hydrogen) atoms. The molecule has 0 radical (unpaired) electrons. The molecule has 1 saturated heterocycles. The topological polar surface area (TPSA) is 50.2 Å². The number of carbonyl (C=O) groups excluding carboxylic acids is 1. The number of aromatic nitrogens is 2. The zero-order chi connectivity index (χ0) is 16.3. The van der Waals surface area contributed by atoms with Gasteiger partial charge in [0.05, 0.1) is 0 Å². The maximum atomic E-state index is 12.8. The summed E-state index contributed by atoms with van der Waals surface area (Å²) in [6.07, 6.45) is 3.60. The molecule has 1 aromatic rings. The Morgan fingerprint density at radius 1 is 1.55 bits per heavy atom. The predicted molar refractivity (Wildman–Crippen MR) is 79.9 cm³/mol. The molecule has 1 aromatic heterocycles. The van der Waals surface area contributed by atoms with Crippen molar-refractivity contribution in [3.8, 4) is 0 Å². The number of nitrogens with zero attached hydrogens (tertiary/aromatic N) is 3. The van der Waals surface area contributed by atoms with E-state index in [2.05, 4.69) is 22.2 Å². The highest BCUT2D eigenvalue weighted by atomic mass is 19.3. The normalized spacial score (nSPS) is 20.4. The molecule has 0 aliphatic carbocycles. The van der Waals surface area contributed by atoms with Crippen molar-refractivity contribution in [3.05, 3.63) is 18.0 Å². The van der Waals surface area contributed by atoms with Crippen LogP contribution in [0.4, 0.5) is 8.78 Å². The average molecular weight is 314 g/mol. The van der Waals surface area contributed by atoms with Crippen LogP contribution < -0.4 is 5.32 Å². The van der Waals surface area contributed by atoms with E-state index >= 15 is 0 Å². The summed E-state index contributed by atoms with van der Waals surface area (Å²) in [5.41, 5.74) is -0.610. The number of halogens is 2. The zero-order valence-electron chi connectivity index (χ0n) is 13.4. The van der Waals surface area contributed by atoms with Gasteiger partial charge in [0.15, 0.2) is 0 Å².